The van der Waals surface area contributed by atoms with Gasteiger partial charge in [-0.15, -0.1) is 0 Å². The van der Waals surface area contributed by atoms with Crippen molar-refractivity contribution < 1.29 is 14.3 Å². The molecule has 1 atom stereocenters. The minimum Gasteiger partial charge on any atom is -0.476 e. The van der Waals surface area contributed by atoms with E-state index < -0.39 is 6.10 Å². The number of anilines is 2. The average molecular weight is 412 g/mol. The normalized spacial score (nSPS) is 18.6. The van der Waals surface area contributed by atoms with E-state index in [1.54, 1.807) is 0 Å². The first-order valence-electron chi connectivity index (χ1n) is 9.95. The van der Waals surface area contributed by atoms with Crippen LogP contribution in [0.15, 0.2) is 48.5 Å². The Balaban J connectivity index is 1.55. The number of ether oxygens (including phenoxy) is 2. The summed E-state index contributed by atoms with van der Waals surface area (Å²) in [6.07, 6.45) is 0.350. The lowest BCUT2D eigenvalue weighted by Gasteiger charge is -2.38. The number of hydrogen-bond donors (Lipinski definition) is 1. The molecule has 2 aliphatic rings. The number of nitrogens with zero attached hydrogens (tertiary/aromatic N) is 2. The van der Waals surface area contributed by atoms with E-state index >= 15 is 0 Å². The second-order valence-corrected chi connectivity index (χ2v) is 7.49. The lowest BCUT2D eigenvalue weighted by molar-refractivity contribution is -0.142. The van der Waals surface area contributed by atoms with Crippen LogP contribution < -0.4 is 15.0 Å². The molecule has 4 rings (SSSR count). The quantitative estimate of drug-likeness (QED) is 0.784. The van der Waals surface area contributed by atoms with Gasteiger partial charge in [-0.25, -0.2) is 0 Å². The van der Waals surface area contributed by atoms with Crippen LogP contribution in [0.3, 0.4) is 0 Å². The van der Waals surface area contributed by atoms with Crippen LogP contribution in [-0.2, 0) is 16.0 Å². The number of carbonyl (C=O) groups excluding carboxylic acids is 1. The van der Waals surface area contributed by atoms with Crippen molar-refractivity contribution in [3.05, 3.63) is 54.1 Å². The Morgan fingerprint density at radius 3 is 2.76 bits per heavy atom. The van der Waals surface area contributed by atoms with E-state index in [9.17, 15) is 4.79 Å². The maximum Gasteiger partial charge on any atom is 0.265 e. The van der Waals surface area contributed by atoms with E-state index in [4.69, 9.17) is 21.7 Å². The maximum atomic E-state index is 13.0. The van der Waals surface area contributed by atoms with Gasteiger partial charge in [0, 0.05) is 18.8 Å². The highest BCUT2D eigenvalue weighted by Gasteiger charge is 2.35. The van der Waals surface area contributed by atoms with Gasteiger partial charge >= 0.3 is 0 Å². The number of hydrogen-bond acceptors (Lipinski definition) is 4. The molecule has 6 nitrogen and oxygen atoms in total. The fourth-order valence-electron chi connectivity index (χ4n) is 3.60. The van der Waals surface area contributed by atoms with Crippen LogP contribution in [0, 0.1) is 0 Å². The van der Waals surface area contributed by atoms with Gasteiger partial charge in [0.2, 0.25) is 0 Å². The molecule has 29 heavy (non-hydrogen) atoms. The van der Waals surface area contributed by atoms with E-state index in [1.165, 1.54) is 5.56 Å². The van der Waals surface area contributed by atoms with Gasteiger partial charge in [-0.1, -0.05) is 31.2 Å². The second kappa shape index (κ2) is 8.80. The zero-order valence-electron chi connectivity index (χ0n) is 16.5. The summed E-state index contributed by atoms with van der Waals surface area (Å²) in [5, 5.41) is 3.87. The summed E-state index contributed by atoms with van der Waals surface area (Å²) in [4.78, 5) is 16.8. The minimum atomic E-state index is -0.607. The predicted octanol–water partition coefficient (Wildman–Crippen LogP) is 3.07. The van der Waals surface area contributed by atoms with Crippen molar-refractivity contribution in [2.45, 2.75) is 19.4 Å². The third-order valence-corrected chi connectivity index (χ3v) is 5.53. The van der Waals surface area contributed by atoms with Gasteiger partial charge in [-0.05, 0) is 48.5 Å². The predicted molar refractivity (Wildman–Crippen MR) is 118 cm³/mol. The first-order valence-corrected chi connectivity index (χ1v) is 10.4. The highest BCUT2D eigenvalue weighted by Crippen LogP contribution is 2.34. The van der Waals surface area contributed by atoms with Crippen LogP contribution in [0.25, 0.3) is 0 Å². The molecule has 2 heterocycles. The van der Waals surface area contributed by atoms with Gasteiger partial charge in [0.05, 0.1) is 25.4 Å². The third-order valence-electron chi connectivity index (χ3n) is 5.20. The molecule has 0 radical (unpaired) electrons. The molecule has 0 spiro atoms. The number of para-hydroxylation sites is 2. The number of fused-ring (bicyclic) bond motifs is 1. The summed E-state index contributed by atoms with van der Waals surface area (Å²) in [5.74, 6) is 0.639. The first kappa shape index (κ1) is 19.7. The third kappa shape index (κ3) is 4.36. The fraction of sp³-hybridized carbons (Fsp3) is 0.364. The number of carbonyl (C=O) groups is 1. The number of benzene rings is 2. The molecular weight excluding hydrogens is 386 g/mol. The Hall–Kier alpha value is -2.64. The van der Waals surface area contributed by atoms with Crippen molar-refractivity contribution in [1.29, 1.82) is 0 Å². The largest absolute Gasteiger partial charge is 0.476 e. The van der Waals surface area contributed by atoms with Crippen LogP contribution in [-0.4, -0.2) is 54.9 Å². The number of rotatable bonds is 3. The molecule has 0 saturated carbocycles. The molecule has 1 fully saturated rings. The molecule has 0 aromatic heterocycles. The van der Waals surface area contributed by atoms with Crippen LogP contribution in [0.5, 0.6) is 5.75 Å². The van der Waals surface area contributed by atoms with Crippen molar-refractivity contribution in [1.82, 2.24) is 4.90 Å². The van der Waals surface area contributed by atoms with Gasteiger partial charge in [0.15, 0.2) is 11.2 Å². The summed E-state index contributed by atoms with van der Waals surface area (Å²) >= 11 is 5.72. The Morgan fingerprint density at radius 2 is 1.97 bits per heavy atom. The molecule has 2 aromatic rings. The van der Waals surface area contributed by atoms with Crippen molar-refractivity contribution in [3.63, 3.8) is 0 Å². The van der Waals surface area contributed by atoms with Crippen LogP contribution in [0.1, 0.15) is 12.5 Å². The zero-order valence-corrected chi connectivity index (χ0v) is 17.3. The second-order valence-electron chi connectivity index (χ2n) is 7.11. The van der Waals surface area contributed by atoms with Gasteiger partial charge in [0.25, 0.3) is 5.91 Å². The number of aryl methyl sites for hydroxylation is 1. The van der Waals surface area contributed by atoms with Crippen LogP contribution in [0.2, 0.25) is 0 Å². The summed E-state index contributed by atoms with van der Waals surface area (Å²) < 4.78 is 11.4. The number of morpholine rings is 1. The lowest BCUT2D eigenvalue weighted by atomic mass is 10.1. The van der Waals surface area contributed by atoms with E-state index in [0.29, 0.717) is 43.7 Å². The summed E-state index contributed by atoms with van der Waals surface area (Å²) in [6.45, 7) is 4.79. The zero-order chi connectivity index (χ0) is 20.2. The van der Waals surface area contributed by atoms with Gasteiger partial charge in [0.1, 0.15) is 5.75 Å². The molecule has 1 N–H and O–H groups in total. The maximum absolute atomic E-state index is 13.0. The molecule has 0 bridgehead atoms. The van der Waals surface area contributed by atoms with E-state index in [2.05, 4.69) is 24.4 Å². The number of amides is 1. The molecule has 1 amide bonds. The number of thiocarbonyl (C=S) groups is 1. The van der Waals surface area contributed by atoms with Gasteiger partial charge < -0.3 is 24.6 Å². The van der Waals surface area contributed by atoms with E-state index in [0.717, 1.165) is 17.8 Å². The molecule has 2 aliphatic heterocycles. The van der Waals surface area contributed by atoms with Crippen molar-refractivity contribution in [2.75, 3.05) is 43.1 Å². The average Bonchev–Trinajstić information content (AvgIpc) is 2.78. The Morgan fingerprint density at radius 1 is 1.17 bits per heavy atom. The topological polar surface area (TPSA) is 54.0 Å². The summed E-state index contributed by atoms with van der Waals surface area (Å²) in [6, 6.07) is 15.9. The van der Waals surface area contributed by atoms with E-state index in [-0.39, 0.29) is 5.91 Å². The fourth-order valence-corrected chi connectivity index (χ4v) is 3.89. The molecule has 0 unspecified atom stereocenters. The smallest absolute Gasteiger partial charge is 0.265 e. The van der Waals surface area contributed by atoms with Crippen molar-refractivity contribution >= 4 is 34.6 Å². The minimum absolute atomic E-state index is 0.0245. The van der Waals surface area contributed by atoms with E-state index in [1.807, 2.05) is 46.2 Å². The molecule has 1 saturated heterocycles. The standard InChI is InChI=1S/C22H25N3O3S/c1-2-16-6-5-7-17(14-16)23-22(29)25-15-20(21(26)24-10-12-27-13-11-24)28-19-9-4-3-8-18(19)25/h3-9,14,20H,2,10-13,15H2,1H3,(H,23,29)/t20-/m0/s1. The molecular formula is C22H25N3O3S. The molecule has 0 aliphatic carbocycles. The van der Waals surface area contributed by atoms with Crippen LogP contribution >= 0.6 is 12.2 Å². The molecule has 7 heteroatoms. The number of nitrogens with one attached hydrogen (secondary N) is 1. The summed E-state index contributed by atoms with van der Waals surface area (Å²) in [7, 11) is 0. The SMILES string of the molecule is CCc1cccc(NC(=S)N2C[C@@H](C(=O)N3CCOCC3)Oc3ccccc32)c1. The van der Waals surface area contributed by atoms with Gasteiger partial charge in [-0.3, -0.25) is 4.79 Å². The van der Waals surface area contributed by atoms with Gasteiger partial charge in [-0.2, -0.15) is 0 Å². The molecule has 2 aromatic carbocycles. The van der Waals surface area contributed by atoms with Crippen LogP contribution in [0.4, 0.5) is 11.4 Å². The monoisotopic (exact) mass is 411 g/mol. The lowest BCUT2D eigenvalue weighted by Crippen LogP contribution is -2.54. The Bertz CT molecular complexity index is 898. The van der Waals surface area contributed by atoms with Crippen molar-refractivity contribution in [3.8, 4) is 5.75 Å². The van der Waals surface area contributed by atoms with Crippen molar-refractivity contribution in [2.24, 2.45) is 0 Å². The summed E-state index contributed by atoms with van der Waals surface area (Å²) in [5.41, 5.74) is 3.04. The highest BCUT2D eigenvalue weighted by atomic mass is 32.1. The Labute approximate surface area is 176 Å². The molecule has 152 valence electrons. The Kier molecular flexibility index (Phi) is 5.97. The highest BCUT2D eigenvalue weighted by molar-refractivity contribution is 7.80. The first-order chi connectivity index (χ1) is 14.2.